The predicted molar refractivity (Wildman–Crippen MR) is 120 cm³/mol. The second-order valence-electron chi connectivity index (χ2n) is 9.27. The Balaban J connectivity index is 1.52. The quantitative estimate of drug-likeness (QED) is 0.401. The van der Waals surface area contributed by atoms with Gasteiger partial charge in [-0.1, -0.05) is 42.0 Å². The Bertz CT molecular complexity index is 1020. The summed E-state index contributed by atoms with van der Waals surface area (Å²) in [5.74, 6) is 1.84. The van der Waals surface area contributed by atoms with Crippen molar-refractivity contribution in [2.45, 2.75) is 44.9 Å². The fourth-order valence-corrected chi connectivity index (χ4v) is 6.39. The summed E-state index contributed by atoms with van der Waals surface area (Å²) in [5, 5.41) is 0. The lowest BCUT2D eigenvalue weighted by Gasteiger charge is -2.48. The average Bonchev–Trinajstić information content (AvgIpc) is 3.01. The van der Waals surface area contributed by atoms with Gasteiger partial charge in [-0.2, -0.15) is 0 Å². The van der Waals surface area contributed by atoms with Crippen molar-refractivity contribution in [2.75, 3.05) is 5.73 Å². The molecular formula is C27H29NO. The van der Waals surface area contributed by atoms with Gasteiger partial charge in [-0.15, -0.1) is 6.58 Å². The second kappa shape index (κ2) is 6.73. The van der Waals surface area contributed by atoms with Gasteiger partial charge in [0.05, 0.1) is 5.41 Å². The molecule has 0 heterocycles. The van der Waals surface area contributed by atoms with E-state index in [1.54, 1.807) is 0 Å². The molecule has 3 unspecified atom stereocenters. The molecule has 2 N–H and O–H groups in total. The highest BCUT2D eigenvalue weighted by Crippen LogP contribution is 2.61. The summed E-state index contributed by atoms with van der Waals surface area (Å²) in [6, 6.07) is 14.8. The van der Waals surface area contributed by atoms with E-state index in [2.05, 4.69) is 37.8 Å². The highest BCUT2D eigenvalue weighted by molar-refractivity contribution is 6.07. The number of ketones is 1. The third kappa shape index (κ3) is 2.80. The molecule has 0 aromatic heterocycles. The van der Waals surface area contributed by atoms with Crippen LogP contribution in [-0.4, -0.2) is 5.78 Å². The molecular weight excluding hydrogens is 354 g/mol. The topological polar surface area (TPSA) is 43.1 Å². The second-order valence-corrected chi connectivity index (χ2v) is 9.27. The minimum absolute atomic E-state index is 0.308. The van der Waals surface area contributed by atoms with E-state index in [0.717, 1.165) is 42.5 Å². The number of carbonyl (C=O) groups is 1. The van der Waals surface area contributed by atoms with Crippen LogP contribution in [0.4, 0.5) is 5.69 Å². The van der Waals surface area contributed by atoms with Gasteiger partial charge in [0.1, 0.15) is 0 Å². The van der Waals surface area contributed by atoms with Crippen LogP contribution in [0.15, 0.2) is 60.7 Å². The van der Waals surface area contributed by atoms with Gasteiger partial charge in [0.2, 0.25) is 0 Å². The van der Waals surface area contributed by atoms with Crippen molar-refractivity contribution in [1.29, 1.82) is 0 Å². The Morgan fingerprint density at radius 2 is 1.93 bits per heavy atom. The average molecular weight is 384 g/mol. The first kappa shape index (κ1) is 18.4. The van der Waals surface area contributed by atoms with Gasteiger partial charge in [-0.05, 0) is 97.3 Å². The fraction of sp³-hybridized carbons (Fsp3) is 0.370. The molecule has 0 radical (unpaired) electrons. The van der Waals surface area contributed by atoms with E-state index in [9.17, 15) is 4.79 Å². The number of benzene rings is 2. The Labute approximate surface area is 173 Å². The van der Waals surface area contributed by atoms with Crippen LogP contribution in [0.3, 0.4) is 0 Å². The molecule has 2 saturated carbocycles. The summed E-state index contributed by atoms with van der Waals surface area (Å²) in [6.45, 7) is 6.33. The number of anilines is 1. The van der Waals surface area contributed by atoms with Crippen LogP contribution in [0, 0.1) is 24.2 Å². The normalized spacial score (nSPS) is 31.8. The third-order valence-electron chi connectivity index (χ3n) is 7.81. The van der Waals surface area contributed by atoms with Crippen LogP contribution in [-0.2, 0) is 11.2 Å². The molecule has 0 saturated heterocycles. The molecule has 2 aromatic rings. The summed E-state index contributed by atoms with van der Waals surface area (Å²) in [4.78, 5) is 13.6. The smallest absolute Gasteiger partial charge is 0.169 e. The highest BCUT2D eigenvalue weighted by Gasteiger charge is 2.57. The van der Waals surface area contributed by atoms with Crippen molar-refractivity contribution in [2.24, 2.45) is 17.3 Å². The standard InChI is InChI=1S/C27H29NO/c1-3-27-13-12-23-22-10-4-17(2)14-19(22)7-11-24(23)25(27)16-20(26(27)29)15-18-5-8-21(28)9-6-18/h3-6,8-10,14-15,23-25H,1,7,11-13,16,28H2,2H3/b20-15+/t23?,24?,25?,27-/m0/s1. The molecule has 3 aliphatic rings. The van der Waals surface area contributed by atoms with Crippen LogP contribution in [0.25, 0.3) is 6.08 Å². The van der Waals surface area contributed by atoms with Gasteiger partial charge in [-0.3, -0.25) is 4.79 Å². The van der Waals surface area contributed by atoms with E-state index in [1.165, 1.54) is 23.1 Å². The fourth-order valence-electron chi connectivity index (χ4n) is 6.39. The molecule has 29 heavy (non-hydrogen) atoms. The van der Waals surface area contributed by atoms with Gasteiger partial charge in [0.25, 0.3) is 0 Å². The first-order valence-electron chi connectivity index (χ1n) is 10.9. The van der Waals surface area contributed by atoms with Gasteiger partial charge < -0.3 is 5.73 Å². The zero-order valence-electron chi connectivity index (χ0n) is 17.2. The number of nitrogens with two attached hydrogens (primary N) is 1. The van der Waals surface area contributed by atoms with Crippen LogP contribution in [0.2, 0.25) is 0 Å². The SMILES string of the molecule is C=C[C@]12CCC3c4ccc(C)cc4CCC3C1C/C(=C\c1ccc(N)cc1)C2=O. The molecule has 2 heteroatoms. The van der Waals surface area contributed by atoms with Crippen molar-refractivity contribution in [1.82, 2.24) is 0 Å². The van der Waals surface area contributed by atoms with E-state index in [1.807, 2.05) is 30.3 Å². The molecule has 3 aliphatic carbocycles. The number of aryl methyl sites for hydroxylation is 2. The maximum absolute atomic E-state index is 13.6. The number of rotatable bonds is 2. The van der Waals surface area contributed by atoms with Crippen molar-refractivity contribution in [3.8, 4) is 0 Å². The van der Waals surface area contributed by atoms with Crippen LogP contribution >= 0.6 is 0 Å². The van der Waals surface area contributed by atoms with Gasteiger partial charge in [0, 0.05) is 5.69 Å². The van der Waals surface area contributed by atoms with Crippen LogP contribution in [0.1, 0.15) is 53.9 Å². The zero-order chi connectivity index (χ0) is 20.2. The maximum atomic E-state index is 13.6. The summed E-state index contributed by atoms with van der Waals surface area (Å²) in [5.41, 5.74) is 12.6. The lowest BCUT2D eigenvalue weighted by atomic mass is 9.55. The van der Waals surface area contributed by atoms with E-state index < -0.39 is 0 Å². The first-order chi connectivity index (χ1) is 14.0. The molecule has 5 rings (SSSR count). The van der Waals surface area contributed by atoms with Crippen LogP contribution < -0.4 is 5.73 Å². The Kier molecular flexibility index (Phi) is 4.27. The number of hydrogen-bond donors (Lipinski definition) is 1. The van der Waals surface area contributed by atoms with E-state index in [-0.39, 0.29) is 5.41 Å². The molecule has 4 atom stereocenters. The lowest BCUT2D eigenvalue weighted by Crippen LogP contribution is -2.43. The van der Waals surface area contributed by atoms with Gasteiger partial charge in [0.15, 0.2) is 5.78 Å². The van der Waals surface area contributed by atoms with Crippen molar-refractivity contribution >= 4 is 17.5 Å². The molecule has 0 bridgehead atoms. The minimum Gasteiger partial charge on any atom is -0.399 e. The maximum Gasteiger partial charge on any atom is 0.169 e. The summed E-state index contributed by atoms with van der Waals surface area (Å²) in [7, 11) is 0. The number of fused-ring (bicyclic) bond motifs is 5. The Hall–Kier alpha value is -2.61. The number of allylic oxidation sites excluding steroid dienone is 2. The largest absolute Gasteiger partial charge is 0.399 e. The highest BCUT2D eigenvalue weighted by atomic mass is 16.1. The Morgan fingerprint density at radius 3 is 2.69 bits per heavy atom. The van der Waals surface area contributed by atoms with Crippen molar-refractivity contribution < 1.29 is 4.79 Å². The van der Waals surface area contributed by atoms with Crippen molar-refractivity contribution in [3.63, 3.8) is 0 Å². The molecule has 0 aliphatic heterocycles. The summed E-state index contributed by atoms with van der Waals surface area (Å²) in [6.07, 6.45) is 9.28. The summed E-state index contributed by atoms with van der Waals surface area (Å²) < 4.78 is 0. The first-order valence-corrected chi connectivity index (χ1v) is 10.9. The van der Waals surface area contributed by atoms with Gasteiger partial charge in [-0.25, -0.2) is 0 Å². The zero-order valence-corrected chi connectivity index (χ0v) is 17.2. The summed E-state index contributed by atoms with van der Waals surface area (Å²) >= 11 is 0. The number of nitrogen functional groups attached to an aromatic ring is 1. The predicted octanol–water partition coefficient (Wildman–Crippen LogP) is 5.86. The molecule has 2 fully saturated rings. The van der Waals surface area contributed by atoms with E-state index in [4.69, 9.17) is 5.73 Å². The lowest BCUT2D eigenvalue weighted by molar-refractivity contribution is -0.124. The Morgan fingerprint density at radius 1 is 1.14 bits per heavy atom. The molecule has 2 nitrogen and oxygen atoms in total. The number of hydrogen-bond acceptors (Lipinski definition) is 2. The van der Waals surface area contributed by atoms with E-state index >= 15 is 0 Å². The number of Topliss-reactive ketones (excluding diaryl/α,β-unsaturated/α-hetero) is 1. The molecule has 2 aromatic carbocycles. The molecule has 148 valence electrons. The number of carbonyl (C=O) groups excluding carboxylic acids is 1. The van der Waals surface area contributed by atoms with Gasteiger partial charge >= 0.3 is 0 Å². The minimum atomic E-state index is -0.372. The van der Waals surface area contributed by atoms with E-state index in [0.29, 0.717) is 23.5 Å². The van der Waals surface area contributed by atoms with Crippen LogP contribution in [0.5, 0.6) is 0 Å². The molecule has 0 spiro atoms. The monoisotopic (exact) mass is 383 g/mol. The third-order valence-corrected chi connectivity index (χ3v) is 7.81. The molecule has 0 amide bonds. The van der Waals surface area contributed by atoms with Crippen molar-refractivity contribution in [3.05, 3.63) is 82.9 Å².